The van der Waals surface area contributed by atoms with Crippen molar-refractivity contribution in [3.8, 4) is 5.75 Å². The fourth-order valence-electron chi connectivity index (χ4n) is 2.34. The van der Waals surface area contributed by atoms with E-state index in [0.29, 0.717) is 13.0 Å². The van der Waals surface area contributed by atoms with E-state index in [-0.39, 0.29) is 11.5 Å². The first-order valence-corrected chi connectivity index (χ1v) is 7.06. The summed E-state index contributed by atoms with van der Waals surface area (Å²) >= 11 is 0. The molecule has 4 nitrogen and oxygen atoms in total. The molecule has 0 aliphatic heterocycles. The van der Waals surface area contributed by atoms with E-state index in [0.717, 1.165) is 18.7 Å². The molecule has 0 fully saturated rings. The Balaban J connectivity index is 2.75. The number of hydrogen-bond donors (Lipinski definition) is 1. The minimum absolute atomic E-state index is 0.163. The molecule has 20 heavy (non-hydrogen) atoms. The lowest BCUT2D eigenvalue weighted by Crippen LogP contribution is -2.46. The molecule has 0 aliphatic rings. The van der Waals surface area contributed by atoms with E-state index in [1.165, 1.54) is 5.56 Å². The first kappa shape index (κ1) is 16.5. The lowest BCUT2D eigenvalue weighted by atomic mass is 9.89. The molecular weight excluding hydrogens is 254 g/mol. The molecule has 1 N–H and O–H groups in total. The molecule has 1 aromatic rings. The van der Waals surface area contributed by atoms with Crippen LogP contribution in [0.4, 0.5) is 0 Å². The van der Waals surface area contributed by atoms with Crippen molar-refractivity contribution in [1.82, 2.24) is 5.32 Å². The standard InChI is InChI=1S/C16H25NO3/c1-5-17-16(3,12-15(18)20-6-2)11-13-7-9-14(19-4)10-8-13/h7-10,17H,5-6,11-12H2,1-4H3. The van der Waals surface area contributed by atoms with Gasteiger partial charge in [-0.05, 0) is 44.5 Å². The van der Waals surface area contributed by atoms with E-state index in [2.05, 4.69) is 12.2 Å². The minimum Gasteiger partial charge on any atom is -0.497 e. The van der Waals surface area contributed by atoms with Gasteiger partial charge in [-0.3, -0.25) is 4.79 Å². The van der Waals surface area contributed by atoms with Crippen LogP contribution in [0.3, 0.4) is 0 Å². The van der Waals surface area contributed by atoms with Gasteiger partial charge in [-0.15, -0.1) is 0 Å². The van der Waals surface area contributed by atoms with Gasteiger partial charge in [0.2, 0.25) is 0 Å². The van der Waals surface area contributed by atoms with E-state index in [1.807, 2.05) is 38.1 Å². The Morgan fingerprint density at radius 3 is 2.40 bits per heavy atom. The molecule has 0 spiro atoms. The van der Waals surface area contributed by atoms with Crippen molar-refractivity contribution in [3.63, 3.8) is 0 Å². The van der Waals surface area contributed by atoms with Gasteiger partial charge in [0.05, 0.1) is 20.1 Å². The van der Waals surface area contributed by atoms with Gasteiger partial charge in [0.25, 0.3) is 0 Å². The van der Waals surface area contributed by atoms with Crippen LogP contribution in [0.1, 0.15) is 32.8 Å². The summed E-state index contributed by atoms with van der Waals surface area (Å²) < 4.78 is 10.2. The lowest BCUT2D eigenvalue weighted by molar-refractivity contribution is -0.144. The molecule has 0 saturated heterocycles. The molecule has 1 aromatic carbocycles. The molecule has 0 radical (unpaired) electrons. The van der Waals surface area contributed by atoms with E-state index < -0.39 is 0 Å². The van der Waals surface area contributed by atoms with Crippen molar-refractivity contribution in [2.24, 2.45) is 0 Å². The number of carbonyl (C=O) groups excluding carboxylic acids is 1. The largest absolute Gasteiger partial charge is 0.497 e. The molecule has 0 heterocycles. The van der Waals surface area contributed by atoms with Crippen molar-refractivity contribution >= 4 is 5.97 Å². The van der Waals surface area contributed by atoms with Crippen LogP contribution >= 0.6 is 0 Å². The lowest BCUT2D eigenvalue weighted by Gasteiger charge is -2.30. The van der Waals surface area contributed by atoms with Crippen molar-refractivity contribution in [3.05, 3.63) is 29.8 Å². The van der Waals surface area contributed by atoms with Gasteiger partial charge in [0.15, 0.2) is 0 Å². The third-order valence-electron chi connectivity index (χ3n) is 3.20. The number of likely N-dealkylation sites (N-methyl/N-ethyl adjacent to an activating group) is 1. The third-order valence-corrected chi connectivity index (χ3v) is 3.20. The fourth-order valence-corrected chi connectivity index (χ4v) is 2.34. The predicted molar refractivity (Wildman–Crippen MR) is 80.0 cm³/mol. The maximum atomic E-state index is 11.7. The average molecular weight is 279 g/mol. The Labute approximate surface area is 121 Å². The average Bonchev–Trinajstić information content (AvgIpc) is 2.39. The maximum absolute atomic E-state index is 11.7. The first-order chi connectivity index (χ1) is 9.53. The van der Waals surface area contributed by atoms with Gasteiger partial charge in [-0.25, -0.2) is 0 Å². The van der Waals surface area contributed by atoms with Crippen molar-refractivity contribution in [1.29, 1.82) is 0 Å². The smallest absolute Gasteiger partial charge is 0.307 e. The van der Waals surface area contributed by atoms with Crippen LogP contribution < -0.4 is 10.1 Å². The molecule has 1 atom stereocenters. The second-order valence-electron chi connectivity index (χ2n) is 5.10. The zero-order valence-corrected chi connectivity index (χ0v) is 12.9. The van der Waals surface area contributed by atoms with Crippen molar-refractivity contribution in [2.75, 3.05) is 20.3 Å². The summed E-state index contributed by atoms with van der Waals surface area (Å²) in [7, 11) is 1.65. The number of rotatable bonds is 8. The number of nitrogens with one attached hydrogen (secondary N) is 1. The van der Waals surface area contributed by atoms with Crippen LogP contribution in [-0.4, -0.2) is 31.8 Å². The Morgan fingerprint density at radius 1 is 1.25 bits per heavy atom. The third kappa shape index (κ3) is 5.21. The summed E-state index contributed by atoms with van der Waals surface area (Å²) in [5, 5.41) is 3.39. The maximum Gasteiger partial charge on any atom is 0.307 e. The Kier molecular flexibility index (Phi) is 6.52. The van der Waals surface area contributed by atoms with Gasteiger partial charge in [-0.1, -0.05) is 19.1 Å². The summed E-state index contributed by atoms with van der Waals surface area (Å²) in [5.74, 6) is 0.675. The monoisotopic (exact) mass is 279 g/mol. The van der Waals surface area contributed by atoms with E-state index in [1.54, 1.807) is 7.11 Å². The topological polar surface area (TPSA) is 47.6 Å². The van der Waals surface area contributed by atoms with E-state index in [4.69, 9.17) is 9.47 Å². The zero-order valence-electron chi connectivity index (χ0n) is 12.9. The highest BCUT2D eigenvalue weighted by atomic mass is 16.5. The number of methoxy groups -OCH3 is 1. The second kappa shape index (κ2) is 7.90. The molecule has 0 aliphatic carbocycles. The fraction of sp³-hybridized carbons (Fsp3) is 0.562. The second-order valence-corrected chi connectivity index (χ2v) is 5.10. The summed E-state index contributed by atoms with van der Waals surface area (Å²) in [6, 6.07) is 7.93. The van der Waals surface area contributed by atoms with Gasteiger partial charge in [0, 0.05) is 5.54 Å². The van der Waals surface area contributed by atoms with Crippen LogP contribution in [0.15, 0.2) is 24.3 Å². The molecule has 1 unspecified atom stereocenters. The number of esters is 1. The quantitative estimate of drug-likeness (QED) is 0.743. The highest BCUT2D eigenvalue weighted by Crippen LogP contribution is 2.20. The van der Waals surface area contributed by atoms with Gasteiger partial charge >= 0.3 is 5.97 Å². The van der Waals surface area contributed by atoms with Gasteiger partial charge in [-0.2, -0.15) is 0 Å². The van der Waals surface area contributed by atoms with Gasteiger partial charge in [0.1, 0.15) is 5.75 Å². The molecular formula is C16H25NO3. The SMILES string of the molecule is CCNC(C)(CC(=O)OCC)Cc1ccc(OC)cc1. The number of carbonyl (C=O) groups is 1. The molecule has 0 bridgehead atoms. The summed E-state index contributed by atoms with van der Waals surface area (Å²) in [6.07, 6.45) is 1.13. The normalized spacial score (nSPS) is 13.6. The predicted octanol–water partition coefficient (Wildman–Crippen LogP) is 2.56. The molecule has 0 saturated carbocycles. The summed E-state index contributed by atoms with van der Waals surface area (Å²) in [4.78, 5) is 11.7. The number of benzene rings is 1. The highest BCUT2D eigenvalue weighted by Gasteiger charge is 2.27. The van der Waals surface area contributed by atoms with Crippen molar-refractivity contribution < 1.29 is 14.3 Å². The number of ether oxygens (including phenoxy) is 2. The molecule has 112 valence electrons. The first-order valence-electron chi connectivity index (χ1n) is 7.06. The Hall–Kier alpha value is -1.55. The highest BCUT2D eigenvalue weighted by molar-refractivity contribution is 5.71. The Morgan fingerprint density at radius 2 is 1.90 bits per heavy atom. The van der Waals surface area contributed by atoms with E-state index in [9.17, 15) is 4.79 Å². The van der Waals surface area contributed by atoms with Gasteiger partial charge < -0.3 is 14.8 Å². The Bertz CT molecular complexity index is 416. The van der Waals surface area contributed by atoms with E-state index >= 15 is 0 Å². The van der Waals surface area contributed by atoms with Crippen molar-refractivity contribution in [2.45, 2.75) is 39.2 Å². The summed E-state index contributed by atoms with van der Waals surface area (Å²) in [5.41, 5.74) is 0.869. The van der Waals surface area contributed by atoms with Crippen LogP contribution in [0.5, 0.6) is 5.75 Å². The molecule has 4 heteroatoms. The zero-order chi connectivity index (χ0) is 15.0. The molecule has 0 amide bonds. The molecule has 1 rings (SSSR count). The van der Waals surface area contributed by atoms with Crippen LogP contribution in [0.2, 0.25) is 0 Å². The number of hydrogen-bond acceptors (Lipinski definition) is 4. The minimum atomic E-state index is -0.296. The van der Waals surface area contributed by atoms with Crippen LogP contribution in [0, 0.1) is 0 Å². The summed E-state index contributed by atoms with van der Waals surface area (Å²) in [6.45, 7) is 7.15. The van der Waals surface area contributed by atoms with Crippen LogP contribution in [0.25, 0.3) is 0 Å². The van der Waals surface area contributed by atoms with Crippen LogP contribution in [-0.2, 0) is 16.0 Å². The molecule has 0 aromatic heterocycles.